The summed E-state index contributed by atoms with van der Waals surface area (Å²) in [6, 6.07) is 6.61. The van der Waals surface area contributed by atoms with Gasteiger partial charge in [0.05, 0.1) is 24.8 Å². The van der Waals surface area contributed by atoms with Crippen LogP contribution >= 0.6 is 10.0 Å². The third-order valence-corrected chi connectivity index (χ3v) is 7.79. The van der Waals surface area contributed by atoms with E-state index in [2.05, 4.69) is 62.3 Å². The molecule has 0 spiro atoms. The smallest absolute Gasteiger partial charge is 0.248 e. The average Bonchev–Trinajstić information content (AvgIpc) is 3.01. The highest BCUT2D eigenvalue weighted by Crippen LogP contribution is 2.38. The SMILES string of the molecule is CON(C)C(=O)C1CC(Cc2nc3cc(C(C)(C)C)ccc3n2COCCS(C)(C)C)C1. The van der Waals surface area contributed by atoms with Gasteiger partial charge < -0.3 is 9.30 Å². The number of hydroxylamine groups is 2. The summed E-state index contributed by atoms with van der Waals surface area (Å²) >= 11 is 0. The maximum atomic E-state index is 12.3. The van der Waals surface area contributed by atoms with Gasteiger partial charge in [-0.05, 0) is 60.6 Å². The molecule has 1 aliphatic rings. The summed E-state index contributed by atoms with van der Waals surface area (Å²) in [5.41, 5.74) is 3.53. The number of aromatic nitrogens is 2. The number of hydrogen-bond acceptors (Lipinski definition) is 4. The van der Waals surface area contributed by atoms with Crippen molar-refractivity contribution in [2.24, 2.45) is 11.8 Å². The van der Waals surface area contributed by atoms with E-state index in [1.165, 1.54) is 17.7 Å². The van der Waals surface area contributed by atoms with Crippen LogP contribution in [0.15, 0.2) is 18.2 Å². The molecule has 32 heavy (non-hydrogen) atoms. The first-order valence-electron chi connectivity index (χ1n) is 11.4. The monoisotopic (exact) mass is 463 g/mol. The van der Waals surface area contributed by atoms with Crippen molar-refractivity contribution in [3.8, 4) is 0 Å². The first-order chi connectivity index (χ1) is 14.9. The van der Waals surface area contributed by atoms with Gasteiger partial charge in [0.2, 0.25) is 5.91 Å². The highest BCUT2D eigenvalue weighted by Gasteiger charge is 2.37. The van der Waals surface area contributed by atoms with Crippen LogP contribution in [0.4, 0.5) is 0 Å². The average molecular weight is 464 g/mol. The number of ether oxygens (including phenoxy) is 1. The molecule has 0 atom stereocenters. The van der Waals surface area contributed by atoms with Gasteiger partial charge in [-0.1, -0.05) is 26.8 Å². The van der Waals surface area contributed by atoms with Crippen molar-refractivity contribution in [2.45, 2.75) is 52.2 Å². The molecule has 1 aromatic carbocycles. The van der Waals surface area contributed by atoms with Crippen molar-refractivity contribution in [1.29, 1.82) is 0 Å². The zero-order chi connectivity index (χ0) is 23.7. The minimum atomic E-state index is -0.573. The molecule has 1 aromatic heterocycles. The zero-order valence-corrected chi connectivity index (χ0v) is 21.9. The molecule has 1 saturated carbocycles. The molecule has 1 heterocycles. The van der Waals surface area contributed by atoms with Crippen LogP contribution in [0.3, 0.4) is 0 Å². The van der Waals surface area contributed by atoms with E-state index in [0.29, 0.717) is 12.6 Å². The molecular formula is C25H41N3O3S. The Morgan fingerprint density at radius 2 is 1.94 bits per heavy atom. The van der Waals surface area contributed by atoms with Crippen LogP contribution in [0, 0.1) is 11.8 Å². The number of rotatable bonds is 9. The van der Waals surface area contributed by atoms with Crippen molar-refractivity contribution in [1.82, 2.24) is 14.6 Å². The molecule has 0 bridgehead atoms. The molecule has 3 rings (SSSR count). The van der Waals surface area contributed by atoms with Gasteiger partial charge in [-0.3, -0.25) is 9.63 Å². The van der Waals surface area contributed by atoms with Crippen LogP contribution in [0.2, 0.25) is 0 Å². The molecule has 0 aliphatic heterocycles. The van der Waals surface area contributed by atoms with Gasteiger partial charge in [-0.2, -0.15) is 0 Å². The second kappa shape index (κ2) is 9.74. The van der Waals surface area contributed by atoms with Gasteiger partial charge in [-0.15, -0.1) is 0 Å². The largest absolute Gasteiger partial charge is 0.360 e. The fourth-order valence-corrected chi connectivity index (χ4v) is 4.74. The summed E-state index contributed by atoms with van der Waals surface area (Å²) in [4.78, 5) is 22.4. The Bertz CT molecular complexity index is 936. The van der Waals surface area contributed by atoms with Crippen molar-refractivity contribution >= 4 is 27.0 Å². The Labute approximate surface area is 194 Å². The van der Waals surface area contributed by atoms with Gasteiger partial charge in [-0.25, -0.2) is 20.1 Å². The molecule has 1 fully saturated rings. The Balaban J connectivity index is 1.76. The molecule has 0 radical (unpaired) electrons. The highest BCUT2D eigenvalue weighted by molar-refractivity contribution is 8.32. The molecule has 180 valence electrons. The molecule has 1 aliphatic carbocycles. The number of carbonyl (C=O) groups is 1. The molecule has 0 saturated heterocycles. The third kappa shape index (κ3) is 6.06. The van der Waals surface area contributed by atoms with E-state index in [1.54, 1.807) is 7.05 Å². The van der Waals surface area contributed by atoms with E-state index in [9.17, 15) is 4.79 Å². The Kier molecular flexibility index (Phi) is 7.62. The zero-order valence-electron chi connectivity index (χ0n) is 21.1. The summed E-state index contributed by atoms with van der Waals surface area (Å²) in [5.74, 6) is 2.75. The lowest BCUT2D eigenvalue weighted by atomic mass is 9.72. The van der Waals surface area contributed by atoms with Crippen molar-refractivity contribution in [3.05, 3.63) is 29.6 Å². The standard InChI is InChI=1S/C25H41N3O3S/c1-25(2,3)20-9-10-22-21(16-20)26-23(28(22)17-31-11-12-32(6,7)8)15-18-13-19(14-18)24(29)27(4)30-5/h9-10,16,18-19H,11-15,17H2,1-8H3. The number of fused-ring (bicyclic) bond motifs is 1. The molecule has 1 amide bonds. The van der Waals surface area contributed by atoms with E-state index < -0.39 is 10.0 Å². The summed E-state index contributed by atoms with van der Waals surface area (Å²) in [6.07, 6.45) is 9.59. The summed E-state index contributed by atoms with van der Waals surface area (Å²) in [6.45, 7) is 7.98. The quantitative estimate of drug-likeness (QED) is 0.403. The third-order valence-electron chi connectivity index (χ3n) is 6.39. The van der Waals surface area contributed by atoms with Crippen LogP contribution in [0.25, 0.3) is 11.0 Å². The maximum Gasteiger partial charge on any atom is 0.248 e. The van der Waals surface area contributed by atoms with Crippen LogP contribution in [-0.2, 0) is 32.9 Å². The van der Waals surface area contributed by atoms with Crippen molar-refractivity contribution in [3.63, 3.8) is 0 Å². The van der Waals surface area contributed by atoms with Crippen LogP contribution in [-0.4, -0.2) is 65.8 Å². The molecule has 6 nitrogen and oxygen atoms in total. The molecule has 0 unspecified atom stereocenters. The van der Waals surface area contributed by atoms with Crippen molar-refractivity contribution in [2.75, 3.05) is 45.3 Å². The molecule has 7 heteroatoms. The highest BCUT2D eigenvalue weighted by atomic mass is 32.3. The van der Waals surface area contributed by atoms with Gasteiger partial charge in [0.25, 0.3) is 0 Å². The fourth-order valence-electron chi connectivity index (χ4n) is 4.12. The lowest BCUT2D eigenvalue weighted by Crippen LogP contribution is -2.40. The predicted octanol–water partition coefficient (Wildman–Crippen LogP) is 4.59. The normalized spacial score (nSPS) is 19.8. The van der Waals surface area contributed by atoms with Gasteiger partial charge in [0.15, 0.2) is 0 Å². The van der Waals surface area contributed by atoms with E-state index in [0.717, 1.165) is 48.5 Å². The van der Waals surface area contributed by atoms with E-state index in [1.807, 2.05) is 0 Å². The number of benzene rings is 1. The topological polar surface area (TPSA) is 56.6 Å². The lowest BCUT2D eigenvalue weighted by molar-refractivity contribution is -0.177. The van der Waals surface area contributed by atoms with Crippen LogP contribution in [0.1, 0.15) is 45.0 Å². The Morgan fingerprint density at radius 1 is 1.25 bits per heavy atom. The summed E-state index contributed by atoms with van der Waals surface area (Å²) < 4.78 is 8.34. The molecule has 0 N–H and O–H groups in total. The van der Waals surface area contributed by atoms with Gasteiger partial charge in [0, 0.05) is 25.1 Å². The lowest BCUT2D eigenvalue weighted by Gasteiger charge is -2.35. The van der Waals surface area contributed by atoms with E-state index in [-0.39, 0.29) is 17.2 Å². The first kappa shape index (κ1) is 25.1. The van der Waals surface area contributed by atoms with Crippen molar-refractivity contribution < 1.29 is 14.4 Å². The second-order valence-electron chi connectivity index (χ2n) is 11.0. The predicted molar refractivity (Wildman–Crippen MR) is 134 cm³/mol. The Morgan fingerprint density at radius 3 is 2.53 bits per heavy atom. The number of nitrogens with zero attached hydrogens (tertiary/aromatic N) is 3. The van der Waals surface area contributed by atoms with E-state index in [4.69, 9.17) is 14.6 Å². The summed E-state index contributed by atoms with van der Waals surface area (Å²) in [7, 11) is 2.64. The van der Waals surface area contributed by atoms with Gasteiger partial charge in [0.1, 0.15) is 12.6 Å². The molecule has 2 aromatic rings. The van der Waals surface area contributed by atoms with Crippen LogP contribution in [0.5, 0.6) is 0 Å². The van der Waals surface area contributed by atoms with E-state index >= 15 is 0 Å². The Hall–Kier alpha value is -1.57. The first-order valence-corrected chi connectivity index (χ1v) is 14.5. The minimum absolute atomic E-state index is 0.0567. The molecular weight excluding hydrogens is 422 g/mol. The number of hydrogen-bond donors (Lipinski definition) is 0. The number of imidazole rings is 1. The summed E-state index contributed by atoms with van der Waals surface area (Å²) in [5, 5.41) is 1.34. The number of amides is 1. The minimum Gasteiger partial charge on any atom is -0.360 e. The van der Waals surface area contributed by atoms with Gasteiger partial charge >= 0.3 is 0 Å². The fraction of sp³-hybridized carbons (Fsp3) is 0.680. The second-order valence-corrected chi connectivity index (χ2v) is 15.6. The maximum absolute atomic E-state index is 12.3. The number of carbonyl (C=O) groups excluding carboxylic acids is 1. The van der Waals surface area contributed by atoms with Crippen LogP contribution < -0.4 is 0 Å².